The van der Waals surface area contributed by atoms with Crippen molar-refractivity contribution in [2.24, 2.45) is 0 Å². The van der Waals surface area contributed by atoms with Crippen LogP contribution in [0, 0.1) is 10.1 Å². The Bertz CT molecular complexity index is 461. The predicted molar refractivity (Wildman–Crippen MR) is 65.5 cm³/mol. The maximum atomic E-state index is 10.9. The van der Waals surface area contributed by atoms with Gasteiger partial charge in [-0.1, -0.05) is 0 Å². The van der Waals surface area contributed by atoms with Gasteiger partial charge in [0.25, 0.3) is 0 Å². The number of aromatic nitrogens is 2. The van der Waals surface area contributed by atoms with E-state index in [0.717, 1.165) is 12.8 Å². The molecule has 1 heterocycles. The topological polar surface area (TPSA) is 113 Å². The number of aliphatic hydroxyl groups excluding tert-OH is 1. The third-order valence-electron chi connectivity index (χ3n) is 2.84. The molecule has 2 rings (SSSR count). The van der Waals surface area contributed by atoms with Gasteiger partial charge in [-0.05, 0) is 19.8 Å². The highest BCUT2D eigenvalue weighted by atomic mass is 16.6. The largest absolute Gasteiger partial charge is 0.394 e. The Kier molecular flexibility index (Phi) is 3.28. The van der Waals surface area contributed by atoms with Crippen molar-refractivity contribution in [3.8, 4) is 0 Å². The van der Waals surface area contributed by atoms with Gasteiger partial charge in [0.2, 0.25) is 11.8 Å². The number of nitrogens with zero attached hydrogens (tertiary/aromatic N) is 3. The lowest BCUT2D eigenvalue weighted by molar-refractivity contribution is -0.384. The molecule has 0 unspecified atom stereocenters. The fourth-order valence-corrected chi connectivity index (χ4v) is 1.57. The SMILES string of the molecule is CCNc1ncc([N+](=O)[O-])c(NC2(CO)CC2)n1. The summed E-state index contributed by atoms with van der Waals surface area (Å²) in [7, 11) is 0. The van der Waals surface area contributed by atoms with Crippen LogP contribution in [0.15, 0.2) is 6.20 Å². The van der Waals surface area contributed by atoms with Crippen molar-refractivity contribution in [3.05, 3.63) is 16.3 Å². The zero-order valence-corrected chi connectivity index (χ0v) is 10.0. The molecule has 0 bridgehead atoms. The fourth-order valence-electron chi connectivity index (χ4n) is 1.57. The molecule has 1 aliphatic carbocycles. The number of nitrogens with one attached hydrogen (secondary N) is 2. The van der Waals surface area contributed by atoms with Gasteiger partial charge in [-0.15, -0.1) is 0 Å². The third-order valence-corrected chi connectivity index (χ3v) is 2.84. The number of nitro groups is 1. The van der Waals surface area contributed by atoms with E-state index in [2.05, 4.69) is 20.6 Å². The Hall–Kier alpha value is -1.96. The van der Waals surface area contributed by atoms with E-state index in [9.17, 15) is 15.2 Å². The van der Waals surface area contributed by atoms with E-state index in [0.29, 0.717) is 12.5 Å². The second kappa shape index (κ2) is 4.73. The van der Waals surface area contributed by atoms with Crippen LogP contribution in [-0.2, 0) is 0 Å². The van der Waals surface area contributed by atoms with Crippen molar-refractivity contribution in [1.82, 2.24) is 9.97 Å². The second-order valence-electron chi connectivity index (χ2n) is 4.28. The van der Waals surface area contributed by atoms with Crippen LogP contribution >= 0.6 is 0 Å². The summed E-state index contributed by atoms with van der Waals surface area (Å²) in [6.07, 6.45) is 2.73. The molecule has 98 valence electrons. The van der Waals surface area contributed by atoms with E-state index >= 15 is 0 Å². The zero-order valence-electron chi connectivity index (χ0n) is 10.0. The minimum atomic E-state index is -0.536. The molecule has 1 aromatic rings. The molecular formula is C10H15N5O3. The molecule has 1 aromatic heterocycles. The number of rotatable bonds is 6. The summed E-state index contributed by atoms with van der Waals surface area (Å²) >= 11 is 0. The van der Waals surface area contributed by atoms with Gasteiger partial charge in [0, 0.05) is 6.54 Å². The van der Waals surface area contributed by atoms with Gasteiger partial charge in [0.1, 0.15) is 6.20 Å². The average Bonchev–Trinajstić information content (AvgIpc) is 3.10. The van der Waals surface area contributed by atoms with Gasteiger partial charge < -0.3 is 15.7 Å². The van der Waals surface area contributed by atoms with Gasteiger partial charge in [-0.25, -0.2) is 4.98 Å². The van der Waals surface area contributed by atoms with Gasteiger partial charge in [0.15, 0.2) is 0 Å². The molecule has 0 atom stereocenters. The lowest BCUT2D eigenvalue weighted by Gasteiger charge is -2.15. The number of anilines is 2. The Balaban J connectivity index is 2.28. The second-order valence-corrected chi connectivity index (χ2v) is 4.28. The quantitative estimate of drug-likeness (QED) is 0.506. The highest BCUT2D eigenvalue weighted by Crippen LogP contribution is 2.39. The fraction of sp³-hybridized carbons (Fsp3) is 0.600. The first-order valence-electron chi connectivity index (χ1n) is 5.74. The Morgan fingerprint density at radius 1 is 1.61 bits per heavy atom. The van der Waals surface area contributed by atoms with E-state index in [1.165, 1.54) is 6.20 Å². The molecule has 0 amide bonds. The van der Waals surface area contributed by atoms with Crippen molar-refractivity contribution in [1.29, 1.82) is 0 Å². The van der Waals surface area contributed by atoms with Gasteiger partial charge in [-0.3, -0.25) is 10.1 Å². The summed E-state index contributed by atoms with van der Waals surface area (Å²) in [6.45, 7) is 2.45. The predicted octanol–water partition coefficient (Wildman–Crippen LogP) is 0.753. The average molecular weight is 253 g/mol. The van der Waals surface area contributed by atoms with Crippen molar-refractivity contribution >= 4 is 17.5 Å². The summed E-state index contributed by atoms with van der Waals surface area (Å²) < 4.78 is 0. The molecule has 8 nitrogen and oxygen atoms in total. The maximum Gasteiger partial charge on any atom is 0.329 e. The van der Waals surface area contributed by atoms with Crippen LogP contribution in [-0.4, -0.2) is 38.7 Å². The van der Waals surface area contributed by atoms with Crippen LogP contribution in [0.2, 0.25) is 0 Å². The van der Waals surface area contributed by atoms with Crippen LogP contribution in [0.1, 0.15) is 19.8 Å². The van der Waals surface area contributed by atoms with Crippen LogP contribution < -0.4 is 10.6 Å². The van der Waals surface area contributed by atoms with Gasteiger partial charge in [-0.2, -0.15) is 4.98 Å². The van der Waals surface area contributed by atoms with E-state index in [1.807, 2.05) is 6.92 Å². The van der Waals surface area contributed by atoms with E-state index in [4.69, 9.17) is 0 Å². The molecule has 1 aliphatic rings. The molecule has 0 radical (unpaired) electrons. The van der Waals surface area contributed by atoms with Crippen LogP contribution in [0.5, 0.6) is 0 Å². The normalized spacial score (nSPS) is 16.1. The summed E-state index contributed by atoms with van der Waals surface area (Å²) in [4.78, 5) is 18.3. The zero-order chi connectivity index (χ0) is 13.2. The smallest absolute Gasteiger partial charge is 0.329 e. The van der Waals surface area contributed by atoms with E-state index < -0.39 is 10.5 Å². The Labute approximate surface area is 104 Å². The van der Waals surface area contributed by atoms with Crippen molar-refractivity contribution < 1.29 is 10.0 Å². The van der Waals surface area contributed by atoms with Crippen LogP contribution in [0.4, 0.5) is 17.5 Å². The summed E-state index contributed by atoms with van der Waals surface area (Å²) in [5.41, 5.74) is -0.640. The minimum Gasteiger partial charge on any atom is -0.394 e. The van der Waals surface area contributed by atoms with Crippen molar-refractivity contribution in [3.63, 3.8) is 0 Å². The van der Waals surface area contributed by atoms with E-state index in [1.54, 1.807) is 0 Å². The molecule has 1 saturated carbocycles. The molecule has 0 aliphatic heterocycles. The first-order chi connectivity index (χ1) is 8.60. The molecular weight excluding hydrogens is 238 g/mol. The lowest BCUT2D eigenvalue weighted by atomic mass is 10.3. The Morgan fingerprint density at radius 3 is 2.83 bits per heavy atom. The molecule has 18 heavy (non-hydrogen) atoms. The molecule has 0 saturated heterocycles. The molecule has 8 heteroatoms. The van der Waals surface area contributed by atoms with Gasteiger partial charge in [0.05, 0.1) is 17.1 Å². The summed E-state index contributed by atoms with van der Waals surface area (Å²) in [5, 5.41) is 26.0. The molecule has 3 N–H and O–H groups in total. The lowest BCUT2D eigenvalue weighted by Crippen LogP contribution is -2.27. The first kappa shape index (κ1) is 12.5. The number of aliphatic hydroxyl groups is 1. The minimum absolute atomic E-state index is 0.0648. The van der Waals surface area contributed by atoms with Gasteiger partial charge >= 0.3 is 5.69 Å². The number of hydrogen-bond acceptors (Lipinski definition) is 7. The Morgan fingerprint density at radius 2 is 2.33 bits per heavy atom. The summed E-state index contributed by atoms with van der Waals surface area (Å²) in [5.74, 6) is 0.483. The number of hydrogen-bond donors (Lipinski definition) is 3. The van der Waals surface area contributed by atoms with E-state index in [-0.39, 0.29) is 18.1 Å². The molecule has 0 spiro atoms. The van der Waals surface area contributed by atoms with Crippen LogP contribution in [0.25, 0.3) is 0 Å². The third kappa shape index (κ3) is 2.48. The highest BCUT2D eigenvalue weighted by Gasteiger charge is 2.43. The molecule has 1 fully saturated rings. The standard InChI is InChI=1S/C10H15N5O3/c1-2-11-9-12-5-7(15(17)18)8(13-9)14-10(6-16)3-4-10/h5,16H,2-4,6H2,1H3,(H2,11,12,13,14). The first-order valence-corrected chi connectivity index (χ1v) is 5.74. The monoisotopic (exact) mass is 253 g/mol. The maximum absolute atomic E-state index is 10.9. The molecule has 0 aromatic carbocycles. The summed E-state index contributed by atoms with van der Waals surface area (Å²) in [6, 6.07) is 0. The van der Waals surface area contributed by atoms with Crippen LogP contribution in [0.3, 0.4) is 0 Å². The highest BCUT2D eigenvalue weighted by molar-refractivity contribution is 5.59. The van der Waals surface area contributed by atoms with Crippen molar-refractivity contribution in [2.75, 3.05) is 23.8 Å². The van der Waals surface area contributed by atoms with Crippen molar-refractivity contribution in [2.45, 2.75) is 25.3 Å².